The van der Waals surface area contributed by atoms with Gasteiger partial charge in [0.25, 0.3) is 0 Å². The molecule has 0 aliphatic heterocycles. The van der Waals surface area contributed by atoms with Crippen LogP contribution in [-0.2, 0) is 21.2 Å². The summed E-state index contributed by atoms with van der Waals surface area (Å²) in [5.41, 5.74) is 6.76. The van der Waals surface area contributed by atoms with Gasteiger partial charge < -0.3 is 15.8 Å². The normalized spacial score (nSPS) is 11.3. The average Bonchev–Trinajstić information content (AvgIpc) is 3.18. The van der Waals surface area contributed by atoms with Gasteiger partial charge in [0.2, 0.25) is 15.7 Å². The minimum atomic E-state index is -3.85. The molecular weight excluding hydrogens is 468 g/mol. The van der Waals surface area contributed by atoms with E-state index < -0.39 is 9.84 Å². The number of nitrogens with one attached hydrogen (secondary N) is 1. The van der Waals surface area contributed by atoms with E-state index >= 15 is 0 Å². The van der Waals surface area contributed by atoms with Gasteiger partial charge in [0.05, 0.1) is 23.4 Å². The summed E-state index contributed by atoms with van der Waals surface area (Å²) >= 11 is 7.79. The Balaban J connectivity index is 1.58. The summed E-state index contributed by atoms with van der Waals surface area (Å²) in [4.78, 5) is 19.9. The number of rotatable bonds is 8. The second-order valence-corrected chi connectivity index (χ2v) is 10.7. The Hall–Kier alpha value is -2.34. The van der Waals surface area contributed by atoms with E-state index in [0.717, 1.165) is 40.6 Å². The molecule has 12 heteroatoms. The Labute approximate surface area is 186 Å². The van der Waals surface area contributed by atoms with Crippen molar-refractivity contribution in [2.75, 3.05) is 18.6 Å². The summed E-state index contributed by atoms with van der Waals surface area (Å²) in [7, 11) is -2.27. The zero-order chi connectivity index (χ0) is 21.7. The van der Waals surface area contributed by atoms with Crippen LogP contribution in [0, 0.1) is 0 Å². The monoisotopic (exact) mass is 484 g/mol. The highest BCUT2D eigenvalue weighted by molar-refractivity contribution is 7.99. The lowest BCUT2D eigenvalue weighted by Crippen LogP contribution is -2.24. The number of nitrogens with two attached hydrogens (primary N) is 1. The summed E-state index contributed by atoms with van der Waals surface area (Å²) in [5.74, 6) is 0.393. The summed E-state index contributed by atoms with van der Waals surface area (Å²) < 4.78 is 30.7. The minimum Gasteiger partial charge on any atom is -0.497 e. The van der Waals surface area contributed by atoms with Crippen molar-refractivity contribution in [3.05, 3.63) is 52.5 Å². The Morgan fingerprint density at radius 1 is 1.27 bits per heavy atom. The quantitative estimate of drug-likeness (QED) is 0.369. The van der Waals surface area contributed by atoms with E-state index in [1.807, 2.05) is 24.3 Å². The fourth-order valence-electron chi connectivity index (χ4n) is 2.32. The van der Waals surface area contributed by atoms with Crippen molar-refractivity contribution in [3.63, 3.8) is 0 Å². The fraction of sp³-hybridized carbons (Fsp3) is 0.167. The molecule has 158 valence electrons. The molecule has 0 bridgehead atoms. The third-order valence-electron chi connectivity index (χ3n) is 3.84. The molecule has 0 aliphatic carbocycles. The molecule has 0 fully saturated rings. The van der Waals surface area contributed by atoms with Gasteiger partial charge in [-0.15, -0.1) is 11.3 Å². The molecule has 1 aromatic carbocycles. The first kappa shape index (κ1) is 22.3. The third-order valence-corrected chi connectivity index (χ3v) is 8.20. The Morgan fingerprint density at radius 2 is 2.00 bits per heavy atom. The molecule has 8 nitrogen and oxygen atoms in total. The van der Waals surface area contributed by atoms with E-state index in [9.17, 15) is 13.2 Å². The number of nitrogen functional groups attached to an aromatic ring is 1. The first-order valence-corrected chi connectivity index (χ1v) is 12.1. The maximum atomic E-state index is 12.6. The van der Waals surface area contributed by atoms with Gasteiger partial charge in [-0.05, 0) is 29.8 Å². The molecule has 3 rings (SSSR count). The number of benzene rings is 1. The SMILES string of the molecule is COc1ccc(CNC(=O)CSc2ncc(S(=O)(=O)c3ccc(Cl)s3)c(N)n2)cc1. The topological polar surface area (TPSA) is 124 Å². The van der Waals surface area contributed by atoms with Gasteiger partial charge in [-0.1, -0.05) is 35.5 Å². The first-order chi connectivity index (χ1) is 14.3. The van der Waals surface area contributed by atoms with Crippen LogP contribution in [0.1, 0.15) is 5.56 Å². The second-order valence-electron chi connectivity index (χ2n) is 5.88. The number of nitrogens with zero attached hydrogens (tertiary/aromatic N) is 2. The van der Waals surface area contributed by atoms with Crippen molar-refractivity contribution in [3.8, 4) is 5.75 Å². The molecule has 0 saturated carbocycles. The molecule has 3 aromatic rings. The van der Waals surface area contributed by atoms with Crippen LogP contribution >= 0.6 is 34.7 Å². The highest BCUT2D eigenvalue weighted by atomic mass is 35.5. The molecule has 0 atom stereocenters. The van der Waals surface area contributed by atoms with E-state index in [0.29, 0.717) is 10.9 Å². The van der Waals surface area contributed by atoms with Gasteiger partial charge >= 0.3 is 0 Å². The van der Waals surface area contributed by atoms with Crippen LogP contribution in [0.5, 0.6) is 5.75 Å². The van der Waals surface area contributed by atoms with Gasteiger partial charge in [0, 0.05) is 6.54 Å². The number of anilines is 1. The number of hydrogen-bond acceptors (Lipinski definition) is 9. The van der Waals surface area contributed by atoms with Gasteiger partial charge in [0.1, 0.15) is 20.7 Å². The van der Waals surface area contributed by atoms with Crippen molar-refractivity contribution in [1.29, 1.82) is 0 Å². The zero-order valence-electron chi connectivity index (χ0n) is 15.7. The summed E-state index contributed by atoms with van der Waals surface area (Å²) in [6, 6.07) is 10.2. The number of halogens is 1. The lowest BCUT2D eigenvalue weighted by molar-refractivity contribution is -0.118. The Bertz CT molecular complexity index is 1150. The highest BCUT2D eigenvalue weighted by Crippen LogP contribution is 2.32. The standard InChI is InChI=1S/C18H17ClN4O4S3/c1-27-12-4-2-11(3-5-12)8-21-15(24)10-28-18-22-9-13(17(20)23-18)30(25,26)16-7-6-14(19)29-16/h2-7,9H,8,10H2,1H3,(H,21,24)(H2,20,22,23). The number of ether oxygens (including phenoxy) is 1. The van der Waals surface area contributed by atoms with E-state index in [2.05, 4.69) is 15.3 Å². The van der Waals surface area contributed by atoms with Crippen LogP contribution in [0.4, 0.5) is 5.82 Å². The van der Waals surface area contributed by atoms with Gasteiger partial charge in [-0.25, -0.2) is 18.4 Å². The lowest BCUT2D eigenvalue weighted by Gasteiger charge is -2.08. The van der Waals surface area contributed by atoms with Gasteiger partial charge in [-0.3, -0.25) is 4.79 Å². The number of amides is 1. The van der Waals surface area contributed by atoms with Gasteiger partial charge in [-0.2, -0.15) is 0 Å². The summed E-state index contributed by atoms with van der Waals surface area (Å²) in [5, 5.41) is 2.99. The van der Waals surface area contributed by atoms with Crippen LogP contribution in [0.15, 0.2) is 56.9 Å². The van der Waals surface area contributed by atoms with Crippen LogP contribution in [0.25, 0.3) is 0 Å². The number of carbonyl (C=O) groups excluding carboxylic acids is 1. The molecule has 1 amide bonds. The molecule has 0 radical (unpaired) electrons. The van der Waals surface area contributed by atoms with Crippen LogP contribution in [0.3, 0.4) is 0 Å². The number of thiophene rings is 1. The number of carbonyl (C=O) groups is 1. The summed E-state index contributed by atoms with van der Waals surface area (Å²) in [6.45, 7) is 0.368. The lowest BCUT2D eigenvalue weighted by atomic mass is 10.2. The van der Waals surface area contributed by atoms with Crippen LogP contribution in [0.2, 0.25) is 4.34 Å². The maximum Gasteiger partial charge on any atom is 0.230 e. The Morgan fingerprint density at radius 3 is 2.60 bits per heavy atom. The molecule has 0 aliphatic rings. The van der Waals surface area contributed by atoms with E-state index in [4.69, 9.17) is 22.1 Å². The molecule has 30 heavy (non-hydrogen) atoms. The highest BCUT2D eigenvalue weighted by Gasteiger charge is 2.24. The summed E-state index contributed by atoms with van der Waals surface area (Å²) in [6.07, 6.45) is 1.14. The van der Waals surface area contributed by atoms with Crippen molar-refractivity contribution in [2.45, 2.75) is 20.8 Å². The van der Waals surface area contributed by atoms with Crippen LogP contribution in [-0.4, -0.2) is 37.2 Å². The van der Waals surface area contributed by atoms with Crippen molar-refractivity contribution >= 4 is 56.3 Å². The molecule has 0 unspecified atom stereocenters. The molecule has 3 N–H and O–H groups in total. The molecule has 2 aromatic heterocycles. The number of aromatic nitrogens is 2. The molecular formula is C18H17ClN4O4S3. The Kier molecular flexibility index (Phi) is 7.19. The number of sulfone groups is 1. The number of hydrogen-bond donors (Lipinski definition) is 2. The van der Waals surface area contributed by atoms with Crippen molar-refractivity contribution in [2.24, 2.45) is 0 Å². The van der Waals surface area contributed by atoms with Gasteiger partial charge in [0.15, 0.2) is 5.16 Å². The molecule has 2 heterocycles. The average molecular weight is 485 g/mol. The predicted molar refractivity (Wildman–Crippen MR) is 117 cm³/mol. The zero-order valence-corrected chi connectivity index (χ0v) is 18.9. The number of methoxy groups -OCH3 is 1. The molecule has 0 saturated heterocycles. The van der Waals surface area contributed by atoms with Crippen molar-refractivity contribution < 1.29 is 17.9 Å². The third kappa shape index (κ3) is 5.42. The number of thioether (sulfide) groups is 1. The van der Waals surface area contributed by atoms with E-state index in [1.165, 1.54) is 12.1 Å². The van der Waals surface area contributed by atoms with E-state index in [1.54, 1.807) is 7.11 Å². The minimum absolute atomic E-state index is 0.0566. The predicted octanol–water partition coefficient (Wildman–Crippen LogP) is 3.02. The largest absolute Gasteiger partial charge is 0.497 e. The molecule has 0 spiro atoms. The van der Waals surface area contributed by atoms with Crippen LogP contribution < -0.4 is 15.8 Å². The maximum absolute atomic E-state index is 12.6. The first-order valence-electron chi connectivity index (χ1n) is 8.45. The van der Waals surface area contributed by atoms with E-state index in [-0.39, 0.29) is 31.7 Å². The van der Waals surface area contributed by atoms with Crippen molar-refractivity contribution in [1.82, 2.24) is 15.3 Å². The fourth-order valence-corrected chi connectivity index (χ4v) is 5.84. The second kappa shape index (κ2) is 9.65. The smallest absolute Gasteiger partial charge is 0.230 e.